The zero-order chi connectivity index (χ0) is 20.7. The molecule has 2 heterocycles. The van der Waals surface area contributed by atoms with E-state index in [2.05, 4.69) is 34.6 Å². The minimum Gasteiger partial charge on any atom is -0.296 e. The van der Waals surface area contributed by atoms with Gasteiger partial charge in [0.1, 0.15) is 5.82 Å². The third-order valence-corrected chi connectivity index (χ3v) is 5.44. The lowest BCUT2D eigenvalue weighted by Crippen LogP contribution is -2.22. The first kappa shape index (κ1) is 19.1. The Labute approximate surface area is 169 Å². The zero-order valence-corrected chi connectivity index (χ0v) is 17.2. The highest BCUT2D eigenvalue weighted by atomic mass is 16.2. The molecule has 2 aromatic carbocycles. The zero-order valence-electron chi connectivity index (χ0n) is 17.2. The molecule has 6 heteroatoms. The standard InChI is InChI=1S/C23H24N4O2/c1-13-10-14(2)21(15(3)11-13)16(4)25-26-22(28)17-7-8-18-19(12-17)24-20-6-5-9-27(20)23(18)29/h7-8,10-12H,5-6,9H2,1-4H3,(H,26,28)/b25-16-. The average Bonchev–Trinajstić information content (AvgIpc) is 3.13. The number of hydrogen-bond acceptors (Lipinski definition) is 4. The summed E-state index contributed by atoms with van der Waals surface area (Å²) in [7, 11) is 0. The Morgan fingerprint density at radius 2 is 1.86 bits per heavy atom. The highest BCUT2D eigenvalue weighted by molar-refractivity contribution is 6.03. The van der Waals surface area contributed by atoms with Crippen LogP contribution in [-0.2, 0) is 13.0 Å². The Morgan fingerprint density at radius 3 is 2.59 bits per heavy atom. The maximum atomic E-state index is 12.6. The quantitative estimate of drug-likeness (QED) is 0.552. The Bertz CT molecular complexity index is 1210. The molecule has 0 fully saturated rings. The maximum Gasteiger partial charge on any atom is 0.271 e. The van der Waals surface area contributed by atoms with E-state index in [9.17, 15) is 9.59 Å². The molecule has 3 aromatic rings. The van der Waals surface area contributed by atoms with Crippen LogP contribution in [0.5, 0.6) is 0 Å². The summed E-state index contributed by atoms with van der Waals surface area (Å²) >= 11 is 0. The number of aromatic nitrogens is 2. The van der Waals surface area contributed by atoms with Gasteiger partial charge < -0.3 is 0 Å². The first-order chi connectivity index (χ1) is 13.8. The summed E-state index contributed by atoms with van der Waals surface area (Å²) in [5.74, 6) is 0.468. The van der Waals surface area contributed by atoms with Crippen LogP contribution in [0.25, 0.3) is 10.9 Å². The summed E-state index contributed by atoms with van der Waals surface area (Å²) in [6.45, 7) is 8.75. The first-order valence-corrected chi connectivity index (χ1v) is 9.81. The van der Waals surface area contributed by atoms with Gasteiger partial charge in [-0.05, 0) is 63.4 Å². The van der Waals surface area contributed by atoms with Gasteiger partial charge in [-0.2, -0.15) is 5.10 Å². The first-order valence-electron chi connectivity index (χ1n) is 9.81. The smallest absolute Gasteiger partial charge is 0.271 e. The number of carbonyl (C=O) groups excluding carboxylic acids is 1. The third-order valence-electron chi connectivity index (χ3n) is 5.44. The summed E-state index contributed by atoms with van der Waals surface area (Å²) < 4.78 is 1.72. The maximum absolute atomic E-state index is 12.6. The lowest BCUT2D eigenvalue weighted by molar-refractivity contribution is 0.0955. The number of benzene rings is 2. The van der Waals surface area contributed by atoms with Crippen LogP contribution in [-0.4, -0.2) is 21.2 Å². The van der Waals surface area contributed by atoms with Crippen molar-refractivity contribution >= 4 is 22.5 Å². The van der Waals surface area contributed by atoms with Gasteiger partial charge in [-0.3, -0.25) is 14.2 Å². The molecule has 1 amide bonds. The molecule has 148 valence electrons. The van der Waals surface area contributed by atoms with Crippen LogP contribution < -0.4 is 11.0 Å². The largest absolute Gasteiger partial charge is 0.296 e. The van der Waals surface area contributed by atoms with E-state index in [1.165, 1.54) is 5.56 Å². The number of amides is 1. The molecule has 6 nitrogen and oxygen atoms in total. The molecule has 0 spiro atoms. The normalized spacial score (nSPS) is 13.6. The Morgan fingerprint density at radius 1 is 1.14 bits per heavy atom. The van der Waals surface area contributed by atoms with Gasteiger partial charge in [0, 0.05) is 24.1 Å². The molecule has 1 aliphatic heterocycles. The molecule has 1 aliphatic rings. The number of aryl methyl sites for hydroxylation is 4. The van der Waals surface area contributed by atoms with Crippen molar-refractivity contribution in [3.05, 3.63) is 74.3 Å². The van der Waals surface area contributed by atoms with E-state index in [-0.39, 0.29) is 11.5 Å². The van der Waals surface area contributed by atoms with E-state index in [4.69, 9.17) is 0 Å². The fourth-order valence-corrected chi connectivity index (χ4v) is 4.23. The predicted octanol–water partition coefficient (Wildman–Crippen LogP) is 3.42. The van der Waals surface area contributed by atoms with Crippen LogP contribution in [0.15, 0.2) is 40.2 Å². The fourth-order valence-electron chi connectivity index (χ4n) is 4.23. The van der Waals surface area contributed by atoms with Crippen molar-refractivity contribution in [3.63, 3.8) is 0 Å². The van der Waals surface area contributed by atoms with E-state index in [0.29, 0.717) is 23.0 Å². The molecule has 0 saturated carbocycles. The van der Waals surface area contributed by atoms with Gasteiger partial charge in [0.05, 0.1) is 16.6 Å². The van der Waals surface area contributed by atoms with Gasteiger partial charge in [-0.15, -0.1) is 0 Å². The number of nitrogens with zero attached hydrogens (tertiary/aromatic N) is 3. The van der Waals surface area contributed by atoms with Crippen molar-refractivity contribution in [1.29, 1.82) is 0 Å². The van der Waals surface area contributed by atoms with Crippen molar-refractivity contribution in [2.75, 3.05) is 0 Å². The highest BCUT2D eigenvalue weighted by Crippen LogP contribution is 2.18. The van der Waals surface area contributed by atoms with Gasteiger partial charge in [0.15, 0.2) is 0 Å². The molecular weight excluding hydrogens is 364 g/mol. The molecule has 1 aromatic heterocycles. The molecule has 0 aliphatic carbocycles. The number of hydrazone groups is 1. The minimum absolute atomic E-state index is 0.0337. The molecule has 0 atom stereocenters. The summed E-state index contributed by atoms with van der Waals surface area (Å²) in [5.41, 5.74) is 8.84. The number of fused-ring (bicyclic) bond motifs is 2. The molecular formula is C23H24N4O2. The third kappa shape index (κ3) is 3.46. The number of hydrogen-bond donors (Lipinski definition) is 1. The Balaban J connectivity index is 1.62. The summed E-state index contributed by atoms with van der Waals surface area (Å²) in [6, 6.07) is 9.20. The topological polar surface area (TPSA) is 76.3 Å². The van der Waals surface area contributed by atoms with E-state index >= 15 is 0 Å². The van der Waals surface area contributed by atoms with Crippen LogP contribution in [0.4, 0.5) is 0 Å². The molecule has 1 N–H and O–H groups in total. The van der Waals surface area contributed by atoms with Crippen LogP contribution >= 0.6 is 0 Å². The highest BCUT2D eigenvalue weighted by Gasteiger charge is 2.17. The van der Waals surface area contributed by atoms with Crippen LogP contribution in [0, 0.1) is 20.8 Å². The van der Waals surface area contributed by atoms with Gasteiger partial charge in [0.25, 0.3) is 11.5 Å². The SMILES string of the molecule is C/C(=N/NC(=O)c1ccc2c(=O)n3c(nc2c1)CCC3)c1c(C)cc(C)cc1C. The fraction of sp³-hybridized carbons (Fsp3) is 0.304. The van der Waals surface area contributed by atoms with E-state index in [1.807, 2.05) is 20.8 Å². The van der Waals surface area contributed by atoms with Gasteiger partial charge in [0.2, 0.25) is 0 Å². The Kier molecular flexibility index (Phi) is 4.78. The van der Waals surface area contributed by atoms with Crippen molar-refractivity contribution in [1.82, 2.24) is 15.0 Å². The van der Waals surface area contributed by atoms with Gasteiger partial charge in [-0.1, -0.05) is 17.7 Å². The van der Waals surface area contributed by atoms with Crippen molar-refractivity contribution < 1.29 is 4.79 Å². The number of carbonyl (C=O) groups is 1. The van der Waals surface area contributed by atoms with Gasteiger partial charge in [-0.25, -0.2) is 10.4 Å². The average molecular weight is 388 g/mol. The molecule has 0 unspecified atom stereocenters. The van der Waals surface area contributed by atoms with Crippen LogP contribution in [0.2, 0.25) is 0 Å². The van der Waals surface area contributed by atoms with E-state index in [0.717, 1.165) is 41.1 Å². The second-order valence-corrected chi connectivity index (χ2v) is 7.73. The number of nitrogens with one attached hydrogen (secondary N) is 1. The lowest BCUT2D eigenvalue weighted by atomic mass is 9.97. The minimum atomic E-state index is -0.323. The second-order valence-electron chi connectivity index (χ2n) is 7.73. The lowest BCUT2D eigenvalue weighted by Gasteiger charge is -2.11. The van der Waals surface area contributed by atoms with Crippen molar-refractivity contribution in [2.45, 2.75) is 47.1 Å². The summed E-state index contributed by atoms with van der Waals surface area (Å²) in [5, 5.41) is 4.85. The molecule has 4 rings (SSSR count). The Hall–Kier alpha value is -3.28. The molecule has 29 heavy (non-hydrogen) atoms. The van der Waals surface area contributed by atoms with Crippen LogP contribution in [0.3, 0.4) is 0 Å². The second kappa shape index (κ2) is 7.28. The van der Waals surface area contributed by atoms with Crippen molar-refractivity contribution in [3.8, 4) is 0 Å². The molecule has 0 saturated heterocycles. The summed E-state index contributed by atoms with van der Waals surface area (Å²) in [4.78, 5) is 29.8. The molecule has 0 bridgehead atoms. The van der Waals surface area contributed by atoms with E-state index < -0.39 is 0 Å². The van der Waals surface area contributed by atoms with E-state index in [1.54, 1.807) is 22.8 Å². The van der Waals surface area contributed by atoms with Gasteiger partial charge >= 0.3 is 0 Å². The predicted molar refractivity (Wildman–Crippen MR) is 115 cm³/mol. The summed E-state index contributed by atoms with van der Waals surface area (Å²) in [6.07, 6.45) is 1.72. The monoisotopic (exact) mass is 388 g/mol. The van der Waals surface area contributed by atoms with Crippen molar-refractivity contribution in [2.24, 2.45) is 5.10 Å². The van der Waals surface area contributed by atoms with Crippen LogP contribution in [0.1, 0.15) is 51.8 Å². The molecule has 0 radical (unpaired) electrons. The number of rotatable bonds is 3.